The molecule has 0 aliphatic rings. The molecule has 0 fully saturated rings. The number of halogens is 3. The maximum atomic E-state index is 6.31. The van der Waals surface area contributed by atoms with Crippen LogP contribution in [0.1, 0.15) is 25.1 Å². The Morgan fingerprint density at radius 3 is 2.39 bits per heavy atom. The molecule has 96 valence electrons. The van der Waals surface area contributed by atoms with Crippen molar-refractivity contribution in [2.75, 3.05) is 0 Å². The third-order valence-electron chi connectivity index (χ3n) is 2.78. The maximum Gasteiger partial charge on any atom is 0.0921 e. The standard InChI is InChI=1S/C14H14Cl3N/c1-7(2)4-9-6-10(15)12-13(17)8(3)5-11(16)14(12)18-9/h5-7H,4H2,1-3H3. The average Bonchev–Trinajstić information content (AvgIpc) is 2.24. The van der Waals surface area contributed by atoms with Crippen LogP contribution in [0.25, 0.3) is 10.9 Å². The molecule has 0 N–H and O–H groups in total. The Bertz CT molecular complexity index is 606. The van der Waals surface area contributed by atoms with Gasteiger partial charge in [-0.3, -0.25) is 4.98 Å². The first-order valence-electron chi connectivity index (χ1n) is 5.84. The summed E-state index contributed by atoms with van der Waals surface area (Å²) in [6.07, 6.45) is 0.873. The van der Waals surface area contributed by atoms with Crippen LogP contribution < -0.4 is 0 Å². The molecule has 0 saturated carbocycles. The molecular weight excluding hydrogens is 289 g/mol. The van der Waals surface area contributed by atoms with E-state index < -0.39 is 0 Å². The van der Waals surface area contributed by atoms with Crippen LogP contribution in [0, 0.1) is 12.8 Å². The summed E-state index contributed by atoms with van der Waals surface area (Å²) in [5.41, 5.74) is 2.55. The summed E-state index contributed by atoms with van der Waals surface area (Å²) in [5, 5.41) is 2.59. The van der Waals surface area contributed by atoms with E-state index in [0.29, 0.717) is 26.5 Å². The van der Waals surface area contributed by atoms with Gasteiger partial charge in [-0.25, -0.2) is 0 Å². The SMILES string of the molecule is Cc1cc(Cl)c2nc(CC(C)C)cc(Cl)c2c1Cl. The van der Waals surface area contributed by atoms with E-state index in [-0.39, 0.29) is 0 Å². The lowest BCUT2D eigenvalue weighted by Crippen LogP contribution is -1.98. The molecule has 18 heavy (non-hydrogen) atoms. The van der Waals surface area contributed by atoms with Crippen LogP contribution in [0.2, 0.25) is 15.1 Å². The van der Waals surface area contributed by atoms with E-state index in [1.165, 1.54) is 0 Å². The van der Waals surface area contributed by atoms with Crippen molar-refractivity contribution < 1.29 is 0 Å². The van der Waals surface area contributed by atoms with Crippen molar-refractivity contribution in [1.82, 2.24) is 4.98 Å². The fourth-order valence-corrected chi connectivity index (χ4v) is 2.89. The van der Waals surface area contributed by atoms with Crippen molar-refractivity contribution >= 4 is 45.7 Å². The minimum absolute atomic E-state index is 0.519. The lowest BCUT2D eigenvalue weighted by Gasteiger charge is -2.11. The lowest BCUT2D eigenvalue weighted by atomic mass is 10.1. The Balaban J connectivity index is 2.73. The molecule has 0 unspecified atom stereocenters. The van der Waals surface area contributed by atoms with Gasteiger partial charge in [-0.15, -0.1) is 0 Å². The molecule has 1 nitrogen and oxygen atoms in total. The highest BCUT2D eigenvalue weighted by Gasteiger charge is 2.13. The third kappa shape index (κ3) is 2.59. The van der Waals surface area contributed by atoms with Crippen LogP contribution in [-0.4, -0.2) is 4.98 Å². The van der Waals surface area contributed by atoms with Gasteiger partial charge < -0.3 is 0 Å². The molecular formula is C14H14Cl3N. The molecule has 0 saturated heterocycles. The van der Waals surface area contributed by atoms with Gasteiger partial charge >= 0.3 is 0 Å². The summed E-state index contributed by atoms with van der Waals surface area (Å²) < 4.78 is 0. The predicted octanol–water partition coefficient (Wildman–Crippen LogP) is 5.70. The molecule has 0 aliphatic carbocycles. The zero-order valence-electron chi connectivity index (χ0n) is 10.5. The first-order chi connectivity index (χ1) is 8.40. The van der Waals surface area contributed by atoms with E-state index in [0.717, 1.165) is 23.1 Å². The van der Waals surface area contributed by atoms with Gasteiger partial charge in [0.1, 0.15) is 0 Å². The van der Waals surface area contributed by atoms with Gasteiger partial charge in [-0.2, -0.15) is 0 Å². The Labute approximate surface area is 122 Å². The topological polar surface area (TPSA) is 12.9 Å². The number of benzene rings is 1. The van der Waals surface area contributed by atoms with Gasteiger partial charge in [0.2, 0.25) is 0 Å². The van der Waals surface area contributed by atoms with Crippen molar-refractivity contribution in [1.29, 1.82) is 0 Å². The van der Waals surface area contributed by atoms with Crippen LogP contribution >= 0.6 is 34.8 Å². The number of hydrogen-bond donors (Lipinski definition) is 0. The number of rotatable bonds is 2. The fraction of sp³-hybridized carbons (Fsp3) is 0.357. The minimum atomic E-state index is 0.519. The highest BCUT2D eigenvalue weighted by atomic mass is 35.5. The second-order valence-corrected chi connectivity index (χ2v) is 6.10. The fourth-order valence-electron chi connectivity index (χ4n) is 1.99. The van der Waals surface area contributed by atoms with E-state index in [4.69, 9.17) is 34.8 Å². The molecule has 1 heterocycles. The Kier molecular flexibility index (Phi) is 4.05. The monoisotopic (exact) mass is 301 g/mol. The summed E-state index contributed by atoms with van der Waals surface area (Å²) in [5.74, 6) is 0.519. The molecule has 0 radical (unpaired) electrons. The molecule has 0 bridgehead atoms. The lowest BCUT2D eigenvalue weighted by molar-refractivity contribution is 0.637. The Morgan fingerprint density at radius 1 is 1.11 bits per heavy atom. The molecule has 1 aromatic carbocycles. The van der Waals surface area contributed by atoms with Crippen LogP contribution in [0.5, 0.6) is 0 Å². The van der Waals surface area contributed by atoms with Gasteiger partial charge in [0.15, 0.2) is 0 Å². The van der Waals surface area contributed by atoms with Crippen LogP contribution in [-0.2, 0) is 6.42 Å². The molecule has 1 aromatic heterocycles. The smallest absolute Gasteiger partial charge is 0.0921 e. The van der Waals surface area contributed by atoms with Gasteiger partial charge in [0.25, 0.3) is 0 Å². The zero-order chi connectivity index (χ0) is 13.4. The van der Waals surface area contributed by atoms with Crippen molar-refractivity contribution in [3.8, 4) is 0 Å². The number of pyridine rings is 1. The number of nitrogens with zero attached hydrogens (tertiary/aromatic N) is 1. The highest BCUT2D eigenvalue weighted by Crippen LogP contribution is 2.36. The summed E-state index contributed by atoms with van der Waals surface area (Å²) in [7, 11) is 0. The number of aryl methyl sites for hydroxylation is 1. The molecule has 0 spiro atoms. The summed E-state index contributed by atoms with van der Waals surface area (Å²) in [4.78, 5) is 4.58. The van der Waals surface area contributed by atoms with E-state index in [2.05, 4.69) is 18.8 Å². The van der Waals surface area contributed by atoms with Gasteiger partial charge in [0.05, 0.1) is 20.6 Å². The van der Waals surface area contributed by atoms with E-state index >= 15 is 0 Å². The molecule has 0 amide bonds. The summed E-state index contributed by atoms with van der Waals surface area (Å²) in [6, 6.07) is 3.71. The summed E-state index contributed by atoms with van der Waals surface area (Å²) >= 11 is 18.8. The normalized spacial score (nSPS) is 11.5. The van der Waals surface area contributed by atoms with Crippen molar-refractivity contribution in [2.45, 2.75) is 27.2 Å². The van der Waals surface area contributed by atoms with Gasteiger partial charge in [0, 0.05) is 11.1 Å². The van der Waals surface area contributed by atoms with E-state index in [1.54, 1.807) is 0 Å². The molecule has 4 heteroatoms. The van der Waals surface area contributed by atoms with Gasteiger partial charge in [-0.1, -0.05) is 48.7 Å². The number of hydrogen-bond acceptors (Lipinski definition) is 1. The molecule has 2 rings (SSSR count). The van der Waals surface area contributed by atoms with Crippen molar-refractivity contribution in [2.24, 2.45) is 5.92 Å². The highest BCUT2D eigenvalue weighted by molar-refractivity contribution is 6.45. The van der Waals surface area contributed by atoms with Crippen LogP contribution in [0.15, 0.2) is 12.1 Å². The number of fused-ring (bicyclic) bond motifs is 1. The maximum absolute atomic E-state index is 6.31. The van der Waals surface area contributed by atoms with Crippen LogP contribution in [0.3, 0.4) is 0 Å². The third-order valence-corrected chi connectivity index (χ3v) is 3.85. The minimum Gasteiger partial charge on any atom is -0.251 e. The predicted molar refractivity (Wildman–Crippen MR) is 80.1 cm³/mol. The summed E-state index contributed by atoms with van der Waals surface area (Å²) in [6.45, 7) is 6.19. The second-order valence-electron chi connectivity index (χ2n) is 4.91. The van der Waals surface area contributed by atoms with E-state index in [9.17, 15) is 0 Å². The second kappa shape index (κ2) is 5.24. The molecule has 2 aromatic rings. The van der Waals surface area contributed by atoms with Crippen LogP contribution in [0.4, 0.5) is 0 Å². The molecule has 0 aliphatic heterocycles. The Hall–Kier alpha value is -0.500. The molecule has 0 atom stereocenters. The average molecular weight is 303 g/mol. The largest absolute Gasteiger partial charge is 0.251 e. The zero-order valence-corrected chi connectivity index (χ0v) is 12.8. The van der Waals surface area contributed by atoms with Gasteiger partial charge in [-0.05, 0) is 37.0 Å². The van der Waals surface area contributed by atoms with E-state index in [1.807, 2.05) is 19.1 Å². The first-order valence-corrected chi connectivity index (χ1v) is 6.97. The Morgan fingerprint density at radius 2 is 1.78 bits per heavy atom. The van der Waals surface area contributed by atoms with Crippen molar-refractivity contribution in [3.63, 3.8) is 0 Å². The number of aromatic nitrogens is 1. The quantitative estimate of drug-likeness (QED) is 0.693. The van der Waals surface area contributed by atoms with Crippen molar-refractivity contribution in [3.05, 3.63) is 38.5 Å². The first kappa shape index (κ1) is 13.9.